The predicted octanol–water partition coefficient (Wildman–Crippen LogP) is 4.47. The van der Waals surface area contributed by atoms with Crippen molar-refractivity contribution in [1.29, 1.82) is 0 Å². The van der Waals surface area contributed by atoms with Crippen LogP contribution in [0.15, 0.2) is 42.6 Å². The Kier molecular flexibility index (Phi) is 5.26. The Hall–Kier alpha value is -2.07. The summed E-state index contributed by atoms with van der Waals surface area (Å²) in [4.78, 5) is 16.2. The van der Waals surface area contributed by atoms with E-state index in [1.165, 1.54) is 11.8 Å². The van der Waals surface area contributed by atoms with Crippen LogP contribution in [0.3, 0.4) is 0 Å². The molecule has 1 atom stereocenters. The van der Waals surface area contributed by atoms with E-state index in [0.717, 1.165) is 5.69 Å². The highest BCUT2D eigenvalue weighted by atomic mass is 35.5. The number of anilines is 2. The van der Waals surface area contributed by atoms with Crippen LogP contribution in [0.4, 0.5) is 11.5 Å². The smallest absolute Gasteiger partial charge is 0.247 e. The number of amides is 1. The first kappa shape index (κ1) is 17.3. The summed E-state index contributed by atoms with van der Waals surface area (Å²) >= 11 is 5.78. The number of hydrogen-bond acceptors (Lipinski definition) is 3. The van der Waals surface area contributed by atoms with E-state index in [1.54, 1.807) is 12.1 Å². The molecule has 1 unspecified atom stereocenters. The van der Waals surface area contributed by atoms with Gasteiger partial charge in [-0.05, 0) is 42.2 Å². The van der Waals surface area contributed by atoms with E-state index in [1.807, 2.05) is 19.1 Å². The van der Waals surface area contributed by atoms with Crippen molar-refractivity contribution in [2.75, 3.05) is 10.6 Å². The molecule has 0 aliphatic carbocycles. The van der Waals surface area contributed by atoms with E-state index >= 15 is 0 Å². The molecule has 23 heavy (non-hydrogen) atoms. The van der Waals surface area contributed by atoms with Crippen LogP contribution in [0.1, 0.15) is 33.3 Å². The Morgan fingerprint density at radius 2 is 1.78 bits per heavy atom. The van der Waals surface area contributed by atoms with Crippen molar-refractivity contribution in [3.8, 4) is 0 Å². The van der Waals surface area contributed by atoms with Crippen molar-refractivity contribution >= 4 is 29.0 Å². The molecule has 0 aliphatic rings. The minimum absolute atomic E-state index is 0.113. The molecule has 0 fully saturated rings. The molecule has 0 spiro atoms. The minimum atomic E-state index is -0.382. The molecule has 2 aromatic rings. The maximum absolute atomic E-state index is 12.2. The Labute approximate surface area is 142 Å². The first-order valence-electron chi connectivity index (χ1n) is 7.55. The van der Waals surface area contributed by atoms with Gasteiger partial charge in [-0.3, -0.25) is 4.79 Å². The summed E-state index contributed by atoms with van der Waals surface area (Å²) in [6.45, 7) is 8.32. The molecular formula is C18H22ClN3O. The van der Waals surface area contributed by atoms with Crippen molar-refractivity contribution in [1.82, 2.24) is 4.98 Å². The van der Waals surface area contributed by atoms with E-state index in [4.69, 9.17) is 11.6 Å². The first-order valence-corrected chi connectivity index (χ1v) is 7.93. The van der Waals surface area contributed by atoms with Gasteiger partial charge in [0.15, 0.2) is 0 Å². The second-order valence-electron chi connectivity index (χ2n) is 6.54. The summed E-state index contributed by atoms with van der Waals surface area (Å²) in [7, 11) is 0. The average molecular weight is 332 g/mol. The number of halogens is 1. The van der Waals surface area contributed by atoms with Gasteiger partial charge in [0.05, 0.1) is 5.02 Å². The SMILES string of the molecule is CC(Nc1ccc(C(C)(C)C)cc1)C(=O)Nc1ccc(Cl)cn1. The topological polar surface area (TPSA) is 54.0 Å². The zero-order chi connectivity index (χ0) is 17.0. The molecule has 1 amide bonds. The molecule has 0 saturated heterocycles. The molecule has 0 radical (unpaired) electrons. The standard InChI is InChI=1S/C18H22ClN3O/c1-12(17(23)22-16-10-7-14(19)11-20-16)21-15-8-5-13(6-9-15)18(2,3)4/h5-12,21H,1-4H3,(H,20,22,23). The van der Waals surface area contributed by atoms with Gasteiger partial charge in [-0.15, -0.1) is 0 Å². The highest BCUT2D eigenvalue weighted by molar-refractivity contribution is 6.30. The van der Waals surface area contributed by atoms with Crippen LogP contribution in [0, 0.1) is 0 Å². The number of nitrogens with zero attached hydrogens (tertiary/aromatic N) is 1. The number of nitrogens with one attached hydrogen (secondary N) is 2. The molecule has 1 heterocycles. The van der Waals surface area contributed by atoms with Crippen LogP contribution in [0.2, 0.25) is 5.02 Å². The van der Waals surface area contributed by atoms with Crippen molar-refractivity contribution < 1.29 is 4.79 Å². The van der Waals surface area contributed by atoms with Gasteiger partial charge < -0.3 is 10.6 Å². The van der Waals surface area contributed by atoms with Gasteiger partial charge in [0.2, 0.25) is 5.91 Å². The van der Waals surface area contributed by atoms with Crippen LogP contribution in [0.25, 0.3) is 0 Å². The Morgan fingerprint density at radius 3 is 2.30 bits per heavy atom. The number of hydrogen-bond donors (Lipinski definition) is 2. The number of pyridine rings is 1. The second kappa shape index (κ2) is 7.01. The van der Waals surface area contributed by atoms with Crippen molar-refractivity contribution in [3.63, 3.8) is 0 Å². The van der Waals surface area contributed by atoms with Crippen molar-refractivity contribution in [2.45, 2.75) is 39.2 Å². The third-order valence-corrected chi connectivity index (χ3v) is 3.73. The third kappa shape index (κ3) is 4.96. The molecule has 122 valence electrons. The average Bonchev–Trinajstić information content (AvgIpc) is 2.49. The lowest BCUT2D eigenvalue weighted by atomic mass is 9.87. The van der Waals surface area contributed by atoms with E-state index < -0.39 is 0 Å². The van der Waals surface area contributed by atoms with Gasteiger partial charge in [-0.1, -0.05) is 44.5 Å². The molecule has 5 heteroatoms. The van der Waals surface area contributed by atoms with Gasteiger partial charge in [-0.25, -0.2) is 4.98 Å². The summed E-state index contributed by atoms with van der Waals surface area (Å²) in [5.74, 6) is 0.329. The molecule has 0 bridgehead atoms. The van der Waals surface area contributed by atoms with E-state index in [-0.39, 0.29) is 17.4 Å². The van der Waals surface area contributed by atoms with E-state index in [2.05, 4.69) is 48.5 Å². The minimum Gasteiger partial charge on any atom is -0.374 e. The second-order valence-corrected chi connectivity index (χ2v) is 6.98. The van der Waals surface area contributed by atoms with Crippen LogP contribution >= 0.6 is 11.6 Å². The Balaban J connectivity index is 1.96. The summed E-state index contributed by atoms with van der Waals surface area (Å²) in [5.41, 5.74) is 2.28. The maximum atomic E-state index is 12.2. The van der Waals surface area contributed by atoms with Gasteiger partial charge in [0.25, 0.3) is 0 Å². The van der Waals surface area contributed by atoms with Gasteiger partial charge >= 0.3 is 0 Å². The lowest BCUT2D eigenvalue weighted by Crippen LogP contribution is -2.32. The van der Waals surface area contributed by atoms with E-state index in [9.17, 15) is 4.79 Å². The van der Waals surface area contributed by atoms with Gasteiger partial charge in [0.1, 0.15) is 11.9 Å². The predicted molar refractivity (Wildman–Crippen MR) is 96.1 cm³/mol. The fraction of sp³-hybridized carbons (Fsp3) is 0.333. The molecule has 0 saturated carbocycles. The zero-order valence-electron chi connectivity index (χ0n) is 13.9. The van der Waals surface area contributed by atoms with Crippen molar-refractivity contribution in [3.05, 3.63) is 53.2 Å². The highest BCUT2D eigenvalue weighted by Crippen LogP contribution is 2.23. The number of benzene rings is 1. The van der Waals surface area contributed by atoms with Crippen LogP contribution in [-0.2, 0) is 10.2 Å². The monoisotopic (exact) mass is 331 g/mol. The lowest BCUT2D eigenvalue weighted by molar-refractivity contribution is -0.116. The fourth-order valence-electron chi connectivity index (χ4n) is 2.07. The molecule has 4 nitrogen and oxygen atoms in total. The molecular weight excluding hydrogens is 310 g/mol. The summed E-state index contributed by atoms with van der Waals surface area (Å²) in [6, 6.07) is 11.1. The molecule has 2 rings (SSSR count). The quantitative estimate of drug-likeness (QED) is 0.869. The number of aromatic nitrogens is 1. The van der Waals surface area contributed by atoms with Crippen LogP contribution < -0.4 is 10.6 Å². The summed E-state index contributed by atoms with van der Waals surface area (Å²) in [5, 5.41) is 6.47. The summed E-state index contributed by atoms with van der Waals surface area (Å²) in [6.07, 6.45) is 1.50. The van der Waals surface area contributed by atoms with Crippen LogP contribution in [-0.4, -0.2) is 16.9 Å². The van der Waals surface area contributed by atoms with E-state index in [0.29, 0.717) is 10.8 Å². The summed E-state index contributed by atoms with van der Waals surface area (Å²) < 4.78 is 0. The van der Waals surface area contributed by atoms with Gasteiger partial charge in [-0.2, -0.15) is 0 Å². The Morgan fingerprint density at radius 1 is 1.13 bits per heavy atom. The van der Waals surface area contributed by atoms with Gasteiger partial charge in [0, 0.05) is 11.9 Å². The first-order chi connectivity index (χ1) is 10.8. The number of rotatable bonds is 4. The van der Waals surface area contributed by atoms with Crippen molar-refractivity contribution in [2.24, 2.45) is 0 Å². The Bertz CT molecular complexity index is 660. The zero-order valence-corrected chi connectivity index (χ0v) is 14.6. The van der Waals surface area contributed by atoms with Crippen LogP contribution in [0.5, 0.6) is 0 Å². The molecule has 1 aromatic heterocycles. The fourth-order valence-corrected chi connectivity index (χ4v) is 2.18. The highest BCUT2D eigenvalue weighted by Gasteiger charge is 2.15. The molecule has 1 aromatic carbocycles. The number of carbonyl (C=O) groups excluding carboxylic acids is 1. The maximum Gasteiger partial charge on any atom is 0.247 e. The normalized spacial score (nSPS) is 12.6. The third-order valence-electron chi connectivity index (χ3n) is 3.51. The lowest BCUT2D eigenvalue weighted by Gasteiger charge is -2.20. The molecule has 0 aliphatic heterocycles. The number of carbonyl (C=O) groups is 1. The largest absolute Gasteiger partial charge is 0.374 e. The molecule has 2 N–H and O–H groups in total.